The van der Waals surface area contributed by atoms with Gasteiger partial charge in [-0.1, -0.05) is 0 Å². The summed E-state index contributed by atoms with van der Waals surface area (Å²) in [5, 5.41) is 0. The minimum absolute atomic E-state index is 0.0240. The normalized spacial score (nSPS) is 21.9. The zero-order valence-electron chi connectivity index (χ0n) is 14.4. The first kappa shape index (κ1) is 15.3. The number of likely N-dealkylation sites (tertiary alicyclic amines) is 1. The van der Waals surface area contributed by atoms with Crippen LogP contribution in [0.15, 0.2) is 43.4 Å². The zero-order chi connectivity index (χ0) is 17.5. The number of rotatable bonds is 2. The molecule has 0 spiro atoms. The monoisotopic (exact) mass is 348 g/mol. The van der Waals surface area contributed by atoms with Gasteiger partial charge in [-0.2, -0.15) is 0 Å². The topological polar surface area (TPSA) is 79.7 Å². The maximum Gasteiger partial charge on any atom is 0.272 e. The summed E-state index contributed by atoms with van der Waals surface area (Å²) < 4.78 is 1.87. The molecule has 1 N–H and O–H groups in total. The van der Waals surface area contributed by atoms with Gasteiger partial charge in [0, 0.05) is 36.6 Å². The minimum atomic E-state index is 0.0240. The second-order valence-electron chi connectivity index (χ2n) is 6.99. The standard InChI is InChI=1S/C19H20N6O/c26-19(16-4-3-13(10-21-16)24-9-7-20-12-24)25-8-1-2-14-17(25)6-5-15-18(14)23-11-22-15/h3-4,7,9-12,14,17H,1-2,5-6,8H2,(H,22,23). The van der Waals surface area contributed by atoms with Gasteiger partial charge in [-0.3, -0.25) is 4.79 Å². The Morgan fingerprint density at radius 1 is 1.23 bits per heavy atom. The highest BCUT2D eigenvalue weighted by atomic mass is 16.2. The van der Waals surface area contributed by atoms with Crippen molar-refractivity contribution < 1.29 is 4.79 Å². The van der Waals surface area contributed by atoms with Crippen molar-refractivity contribution in [2.75, 3.05) is 6.54 Å². The van der Waals surface area contributed by atoms with Gasteiger partial charge in [0.05, 0.1) is 30.2 Å². The number of pyridine rings is 1. The summed E-state index contributed by atoms with van der Waals surface area (Å²) in [4.78, 5) is 31.4. The molecule has 1 saturated heterocycles. The number of aryl methyl sites for hydroxylation is 1. The number of carbonyl (C=O) groups is 1. The molecule has 0 aromatic carbocycles. The molecule has 1 aliphatic heterocycles. The predicted molar refractivity (Wildman–Crippen MR) is 95.1 cm³/mol. The largest absolute Gasteiger partial charge is 0.348 e. The molecule has 2 atom stereocenters. The lowest BCUT2D eigenvalue weighted by atomic mass is 9.78. The third-order valence-electron chi connectivity index (χ3n) is 5.60. The number of nitrogens with one attached hydrogen (secondary N) is 1. The molecule has 0 saturated carbocycles. The molecule has 132 valence electrons. The van der Waals surface area contributed by atoms with Gasteiger partial charge in [-0.05, 0) is 37.8 Å². The van der Waals surface area contributed by atoms with Crippen LogP contribution in [0.3, 0.4) is 0 Å². The molecule has 1 amide bonds. The average Bonchev–Trinajstić information content (AvgIpc) is 3.39. The number of imidazole rings is 2. The van der Waals surface area contributed by atoms with Gasteiger partial charge >= 0.3 is 0 Å². The lowest BCUT2D eigenvalue weighted by Gasteiger charge is -2.43. The number of aromatic nitrogens is 5. The Balaban J connectivity index is 1.40. The molecule has 1 aliphatic carbocycles. The summed E-state index contributed by atoms with van der Waals surface area (Å²) in [6.45, 7) is 0.796. The van der Waals surface area contributed by atoms with Gasteiger partial charge in [-0.15, -0.1) is 0 Å². The molecule has 1 fully saturated rings. The van der Waals surface area contributed by atoms with E-state index in [0.29, 0.717) is 11.6 Å². The second-order valence-corrected chi connectivity index (χ2v) is 6.99. The van der Waals surface area contributed by atoms with Crippen LogP contribution in [0, 0.1) is 0 Å². The van der Waals surface area contributed by atoms with Crippen LogP contribution in [0.4, 0.5) is 0 Å². The molecule has 26 heavy (non-hydrogen) atoms. The van der Waals surface area contributed by atoms with Crippen LogP contribution in [0.2, 0.25) is 0 Å². The molecule has 7 heteroatoms. The zero-order valence-corrected chi connectivity index (χ0v) is 14.4. The fraction of sp³-hybridized carbons (Fsp3) is 0.368. The maximum atomic E-state index is 13.1. The van der Waals surface area contributed by atoms with Gasteiger partial charge in [-0.25, -0.2) is 15.0 Å². The van der Waals surface area contributed by atoms with E-state index in [1.54, 1.807) is 25.0 Å². The van der Waals surface area contributed by atoms with E-state index in [1.807, 2.05) is 27.8 Å². The van der Waals surface area contributed by atoms with Crippen molar-refractivity contribution in [3.05, 3.63) is 60.5 Å². The number of hydrogen-bond donors (Lipinski definition) is 1. The third-order valence-corrected chi connectivity index (χ3v) is 5.60. The third kappa shape index (κ3) is 2.42. The molecule has 2 aliphatic rings. The summed E-state index contributed by atoms with van der Waals surface area (Å²) in [5.74, 6) is 0.365. The highest BCUT2D eigenvalue weighted by molar-refractivity contribution is 5.92. The van der Waals surface area contributed by atoms with E-state index >= 15 is 0 Å². The number of nitrogens with zero attached hydrogens (tertiary/aromatic N) is 5. The van der Waals surface area contributed by atoms with E-state index in [1.165, 1.54) is 5.69 Å². The van der Waals surface area contributed by atoms with Crippen LogP contribution >= 0.6 is 0 Å². The number of hydrogen-bond acceptors (Lipinski definition) is 4. The molecule has 0 radical (unpaired) electrons. The van der Waals surface area contributed by atoms with E-state index in [2.05, 4.69) is 19.9 Å². The molecule has 0 bridgehead atoms. The molecule has 5 rings (SSSR count). The van der Waals surface area contributed by atoms with Crippen molar-refractivity contribution in [1.29, 1.82) is 0 Å². The second kappa shape index (κ2) is 6.09. The van der Waals surface area contributed by atoms with E-state index in [9.17, 15) is 4.79 Å². The van der Waals surface area contributed by atoms with E-state index in [0.717, 1.165) is 43.6 Å². The number of amides is 1. The van der Waals surface area contributed by atoms with Crippen molar-refractivity contribution >= 4 is 5.91 Å². The van der Waals surface area contributed by atoms with Crippen molar-refractivity contribution in [2.45, 2.75) is 37.6 Å². The smallest absolute Gasteiger partial charge is 0.272 e. The maximum absolute atomic E-state index is 13.1. The highest BCUT2D eigenvalue weighted by Gasteiger charge is 2.40. The van der Waals surface area contributed by atoms with Gasteiger partial charge in [0.2, 0.25) is 0 Å². The molecule has 3 aromatic rings. The quantitative estimate of drug-likeness (QED) is 0.771. The molecular weight excluding hydrogens is 328 g/mol. The fourth-order valence-corrected chi connectivity index (χ4v) is 4.35. The van der Waals surface area contributed by atoms with Crippen molar-refractivity contribution in [2.24, 2.45) is 0 Å². The van der Waals surface area contributed by atoms with Gasteiger partial charge in [0.1, 0.15) is 5.69 Å². The molecule has 7 nitrogen and oxygen atoms in total. The van der Waals surface area contributed by atoms with Crippen molar-refractivity contribution in [3.63, 3.8) is 0 Å². The first-order valence-corrected chi connectivity index (χ1v) is 9.09. The Morgan fingerprint density at radius 2 is 2.19 bits per heavy atom. The predicted octanol–water partition coefficient (Wildman–Crippen LogP) is 2.33. The first-order chi connectivity index (χ1) is 12.8. The van der Waals surface area contributed by atoms with Crippen molar-refractivity contribution in [3.8, 4) is 5.69 Å². The van der Waals surface area contributed by atoms with Gasteiger partial charge in [0.15, 0.2) is 0 Å². The number of piperidine rings is 1. The summed E-state index contributed by atoms with van der Waals surface area (Å²) in [7, 11) is 0. The summed E-state index contributed by atoms with van der Waals surface area (Å²) in [6.07, 6.45) is 12.8. The Hall–Kier alpha value is -2.96. The summed E-state index contributed by atoms with van der Waals surface area (Å²) in [6, 6.07) is 3.95. The van der Waals surface area contributed by atoms with Crippen LogP contribution in [0.1, 0.15) is 47.1 Å². The Kier molecular flexibility index (Phi) is 3.58. The SMILES string of the molecule is O=C(c1ccc(-n2ccnc2)cn1)N1CCCC2c3nc[nH]c3CCC21. The van der Waals surface area contributed by atoms with Gasteiger partial charge in [0.25, 0.3) is 5.91 Å². The molecular formula is C19H20N6O. The fourth-order valence-electron chi connectivity index (χ4n) is 4.35. The Bertz CT molecular complexity index is 914. The summed E-state index contributed by atoms with van der Waals surface area (Å²) in [5.41, 5.74) is 3.79. The van der Waals surface area contributed by atoms with Crippen LogP contribution in [-0.4, -0.2) is 47.9 Å². The van der Waals surface area contributed by atoms with E-state index < -0.39 is 0 Å². The van der Waals surface area contributed by atoms with Crippen LogP contribution < -0.4 is 0 Å². The van der Waals surface area contributed by atoms with Gasteiger partial charge < -0.3 is 14.5 Å². The van der Waals surface area contributed by atoms with E-state index in [-0.39, 0.29) is 11.9 Å². The average molecular weight is 348 g/mol. The number of carbonyl (C=O) groups excluding carboxylic acids is 1. The lowest BCUT2D eigenvalue weighted by molar-refractivity contribution is 0.0537. The number of H-pyrrole nitrogens is 1. The van der Waals surface area contributed by atoms with Crippen molar-refractivity contribution in [1.82, 2.24) is 29.4 Å². The molecule has 4 heterocycles. The Morgan fingerprint density at radius 3 is 3.00 bits per heavy atom. The number of aromatic amines is 1. The van der Waals surface area contributed by atoms with Crippen LogP contribution in [-0.2, 0) is 6.42 Å². The highest BCUT2D eigenvalue weighted by Crippen LogP contribution is 2.39. The van der Waals surface area contributed by atoms with Crippen LogP contribution in [0.25, 0.3) is 5.69 Å². The summed E-state index contributed by atoms with van der Waals surface area (Å²) >= 11 is 0. The first-order valence-electron chi connectivity index (χ1n) is 9.09. The molecule has 2 unspecified atom stereocenters. The minimum Gasteiger partial charge on any atom is -0.348 e. The van der Waals surface area contributed by atoms with E-state index in [4.69, 9.17) is 0 Å². The Labute approximate surface area is 151 Å². The lowest BCUT2D eigenvalue weighted by Crippen LogP contribution is -2.49. The molecule has 3 aromatic heterocycles. The van der Waals surface area contributed by atoms with Crippen LogP contribution in [0.5, 0.6) is 0 Å². The number of fused-ring (bicyclic) bond motifs is 3.